The van der Waals surface area contributed by atoms with E-state index in [4.69, 9.17) is 5.11 Å². The third-order valence-electron chi connectivity index (χ3n) is 2.72. The monoisotopic (exact) mass is 200 g/mol. The minimum Gasteiger partial charge on any atom is -0.481 e. The molecule has 1 N–H and O–H groups in total. The Labute approximate surface area is 85.5 Å². The number of aliphatic carboxylic acids is 1. The van der Waals surface area contributed by atoms with Crippen LogP contribution in [0.25, 0.3) is 0 Å². The van der Waals surface area contributed by atoms with Crippen molar-refractivity contribution in [3.8, 4) is 0 Å². The van der Waals surface area contributed by atoms with Gasteiger partial charge in [0.2, 0.25) is 0 Å². The van der Waals surface area contributed by atoms with E-state index in [9.17, 15) is 4.79 Å². The number of hydrogen-bond donors (Lipinski definition) is 1. The van der Waals surface area contributed by atoms with Gasteiger partial charge in [0.1, 0.15) is 0 Å². The highest BCUT2D eigenvalue weighted by Crippen LogP contribution is 2.15. The number of likely N-dealkylation sites (tertiary alicyclic amines) is 1. The van der Waals surface area contributed by atoms with E-state index in [0.29, 0.717) is 0 Å². The summed E-state index contributed by atoms with van der Waals surface area (Å²) in [6.45, 7) is 3.77. The van der Waals surface area contributed by atoms with Crippen molar-refractivity contribution in [2.24, 2.45) is 5.92 Å². The van der Waals surface area contributed by atoms with Crippen LogP contribution >= 0.6 is 0 Å². The van der Waals surface area contributed by atoms with Crippen molar-refractivity contribution in [2.45, 2.75) is 12.8 Å². The van der Waals surface area contributed by atoms with E-state index in [1.807, 2.05) is 14.1 Å². The third-order valence-corrected chi connectivity index (χ3v) is 2.72. The molecular formula is C10H20N2O2. The minimum atomic E-state index is -0.639. The molecule has 14 heavy (non-hydrogen) atoms. The van der Waals surface area contributed by atoms with Crippen LogP contribution in [0.5, 0.6) is 0 Å². The Balaban J connectivity index is 2.29. The predicted octanol–water partition coefficient (Wildman–Crippen LogP) is 0.345. The first-order valence-electron chi connectivity index (χ1n) is 5.19. The summed E-state index contributed by atoms with van der Waals surface area (Å²) >= 11 is 0. The van der Waals surface area contributed by atoms with E-state index in [1.54, 1.807) is 0 Å². The standard InChI is InChI=1S/C10H20N2O2/c1-11(2)6-7-12-5-3-4-9(8-12)10(13)14/h9H,3-8H2,1-2H3,(H,13,14). The second kappa shape index (κ2) is 5.32. The summed E-state index contributed by atoms with van der Waals surface area (Å²) in [4.78, 5) is 15.2. The number of nitrogens with zero attached hydrogens (tertiary/aromatic N) is 2. The number of carboxylic acid groups (broad SMARTS) is 1. The Kier molecular flexibility index (Phi) is 4.35. The first-order valence-corrected chi connectivity index (χ1v) is 5.19. The van der Waals surface area contributed by atoms with Gasteiger partial charge in [-0.1, -0.05) is 0 Å². The van der Waals surface area contributed by atoms with Gasteiger partial charge in [-0.25, -0.2) is 0 Å². The van der Waals surface area contributed by atoms with Crippen LogP contribution in [-0.2, 0) is 4.79 Å². The lowest BCUT2D eigenvalue weighted by Crippen LogP contribution is -2.41. The van der Waals surface area contributed by atoms with Crippen molar-refractivity contribution in [3.63, 3.8) is 0 Å². The molecule has 1 rings (SSSR count). The van der Waals surface area contributed by atoms with E-state index < -0.39 is 5.97 Å². The molecule has 0 saturated carbocycles. The molecule has 1 atom stereocenters. The van der Waals surface area contributed by atoms with E-state index in [2.05, 4.69) is 9.80 Å². The number of hydrogen-bond acceptors (Lipinski definition) is 3. The Morgan fingerprint density at radius 2 is 2.29 bits per heavy atom. The number of rotatable bonds is 4. The highest BCUT2D eigenvalue weighted by Gasteiger charge is 2.24. The van der Waals surface area contributed by atoms with Gasteiger partial charge in [-0.15, -0.1) is 0 Å². The van der Waals surface area contributed by atoms with Gasteiger partial charge in [0.15, 0.2) is 0 Å². The number of carbonyl (C=O) groups is 1. The van der Waals surface area contributed by atoms with Crippen molar-refractivity contribution in [1.82, 2.24) is 9.80 Å². The zero-order valence-corrected chi connectivity index (χ0v) is 9.07. The lowest BCUT2D eigenvalue weighted by atomic mass is 9.98. The average Bonchev–Trinajstić information content (AvgIpc) is 2.15. The zero-order chi connectivity index (χ0) is 10.6. The molecule has 1 aliphatic heterocycles. The molecule has 1 heterocycles. The van der Waals surface area contributed by atoms with Gasteiger partial charge in [0.25, 0.3) is 0 Å². The lowest BCUT2D eigenvalue weighted by Gasteiger charge is -2.31. The Hall–Kier alpha value is -0.610. The summed E-state index contributed by atoms with van der Waals surface area (Å²) in [6, 6.07) is 0. The molecule has 0 aromatic rings. The van der Waals surface area contributed by atoms with Gasteiger partial charge in [-0.2, -0.15) is 0 Å². The van der Waals surface area contributed by atoms with Crippen LogP contribution in [0.2, 0.25) is 0 Å². The van der Waals surface area contributed by atoms with E-state index >= 15 is 0 Å². The maximum Gasteiger partial charge on any atom is 0.307 e. The predicted molar refractivity (Wildman–Crippen MR) is 55.4 cm³/mol. The smallest absolute Gasteiger partial charge is 0.307 e. The zero-order valence-electron chi connectivity index (χ0n) is 9.07. The molecule has 0 aliphatic carbocycles. The molecule has 0 amide bonds. The Morgan fingerprint density at radius 1 is 1.57 bits per heavy atom. The van der Waals surface area contributed by atoms with Gasteiger partial charge >= 0.3 is 5.97 Å². The SMILES string of the molecule is CN(C)CCN1CCCC(C(=O)O)C1. The summed E-state index contributed by atoms with van der Waals surface area (Å²) < 4.78 is 0. The highest BCUT2D eigenvalue weighted by atomic mass is 16.4. The van der Waals surface area contributed by atoms with Crippen molar-refractivity contribution >= 4 is 5.97 Å². The summed E-state index contributed by atoms with van der Waals surface area (Å²) in [6.07, 6.45) is 1.86. The summed E-state index contributed by atoms with van der Waals surface area (Å²) in [5.74, 6) is -0.787. The fraction of sp³-hybridized carbons (Fsp3) is 0.900. The molecule has 1 aliphatic rings. The number of likely N-dealkylation sites (N-methyl/N-ethyl adjacent to an activating group) is 1. The molecule has 4 nitrogen and oxygen atoms in total. The van der Waals surface area contributed by atoms with Gasteiger partial charge in [0, 0.05) is 19.6 Å². The van der Waals surface area contributed by atoms with Crippen LogP contribution in [0.4, 0.5) is 0 Å². The maximum atomic E-state index is 10.8. The topological polar surface area (TPSA) is 43.8 Å². The second-order valence-corrected chi connectivity index (χ2v) is 4.28. The van der Waals surface area contributed by atoms with Crippen molar-refractivity contribution in [3.05, 3.63) is 0 Å². The largest absolute Gasteiger partial charge is 0.481 e. The van der Waals surface area contributed by atoms with Crippen LogP contribution in [0.3, 0.4) is 0 Å². The molecule has 0 spiro atoms. The van der Waals surface area contributed by atoms with Gasteiger partial charge in [-0.05, 0) is 33.5 Å². The summed E-state index contributed by atoms with van der Waals surface area (Å²) in [5, 5.41) is 8.90. The Bertz CT molecular complexity index is 195. The normalized spacial score (nSPS) is 24.1. The van der Waals surface area contributed by atoms with Crippen molar-refractivity contribution < 1.29 is 9.90 Å². The van der Waals surface area contributed by atoms with Crippen molar-refractivity contribution in [2.75, 3.05) is 40.3 Å². The van der Waals surface area contributed by atoms with Crippen molar-refractivity contribution in [1.29, 1.82) is 0 Å². The molecule has 0 aromatic heterocycles. The van der Waals surface area contributed by atoms with Crippen LogP contribution in [0.15, 0.2) is 0 Å². The third kappa shape index (κ3) is 3.64. The highest BCUT2D eigenvalue weighted by molar-refractivity contribution is 5.70. The summed E-state index contributed by atoms with van der Waals surface area (Å²) in [5.41, 5.74) is 0. The molecule has 1 fully saturated rings. The first kappa shape index (κ1) is 11.5. The minimum absolute atomic E-state index is 0.147. The molecule has 0 aromatic carbocycles. The van der Waals surface area contributed by atoms with E-state index in [0.717, 1.165) is 39.0 Å². The average molecular weight is 200 g/mol. The van der Waals surface area contributed by atoms with E-state index in [-0.39, 0.29) is 5.92 Å². The molecule has 0 radical (unpaired) electrons. The second-order valence-electron chi connectivity index (χ2n) is 4.28. The number of piperidine rings is 1. The lowest BCUT2D eigenvalue weighted by molar-refractivity contribution is -0.143. The molecule has 1 unspecified atom stereocenters. The van der Waals surface area contributed by atoms with Crippen LogP contribution in [0.1, 0.15) is 12.8 Å². The molecule has 82 valence electrons. The fourth-order valence-corrected chi connectivity index (χ4v) is 1.80. The molecule has 4 heteroatoms. The van der Waals surface area contributed by atoms with Gasteiger partial charge in [0.05, 0.1) is 5.92 Å². The molecular weight excluding hydrogens is 180 g/mol. The molecule has 0 bridgehead atoms. The number of carboxylic acids is 1. The van der Waals surface area contributed by atoms with Gasteiger partial charge in [-0.3, -0.25) is 4.79 Å². The molecule has 1 saturated heterocycles. The van der Waals surface area contributed by atoms with E-state index in [1.165, 1.54) is 0 Å². The van der Waals surface area contributed by atoms with Crippen LogP contribution in [0, 0.1) is 5.92 Å². The first-order chi connectivity index (χ1) is 6.59. The maximum absolute atomic E-state index is 10.8. The summed E-state index contributed by atoms with van der Waals surface area (Å²) in [7, 11) is 4.08. The van der Waals surface area contributed by atoms with Gasteiger partial charge < -0.3 is 14.9 Å². The quantitative estimate of drug-likeness (QED) is 0.711. The van der Waals surface area contributed by atoms with Crippen LogP contribution in [-0.4, -0.2) is 61.2 Å². The van der Waals surface area contributed by atoms with Crippen LogP contribution < -0.4 is 0 Å². The Morgan fingerprint density at radius 3 is 2.86 bits per heavy atom. The fourth-order valence-electron chi connectivity index (χ4n) is 1.80.